The number of rotatable bonds is 2. The highest BCUT2D eigenvalue weighted by atomic mass is 19.4. The molecule has 0 heterocycles. The van der Waals surface area contributed by atoms with Crippen molar-refractivity contribution in [3.63, 3.8) is 0 Å². The van der Waals surface area contributed by atoms with Crippen LogP contribution in [0.1, 0.15) is 47.2 Å². The summed E-state index contributed by atoms with van der Waals surface area (Å²) in [6.45, 7) is 1.04. The van der Waals surface area contributed by atoms with Gasteiger partial charge in [0.05, 0.1) is 22.3 Å². The molecular weight excluding hydrogens is 398 g/mol. The van der Waals surface area contributed by atoms with Crippen LogP contribution < -0.4 is 5.73 Å². The highest BCUT2D eigenvalue weighted by Gasteiger charge is 2.56. The first-order valence-electron chi connectivity index (χ1n) is 6.58. The number of hydrogen-bond acceptors (Lipinski definition) is 1. The van der Waals surface area contributed by atoms with Crippen LogP contribution in [0.4, 0.5) is 52.7 Å². The summed E-state index contributed by atoms with van der Waals surface area (Å²) in [6.07, 6.45) is -25.3. The third kappa shape index (κ3) is 4.35. The lowest BCUT2D eigenvalue weighted by Gasteiger charge is -2.28. The van der Waals surface area contributed by atoms with Crippen molar-refractivity contribution in [2.75, 3.05) is 0 Å². The lowest BCUT2D eigenvalue weighted by molar-refractivity contribution is -0.183. The zero-order valence-corrected chi connectivity index (χ0v) is 12.5. The smallest absolute Gasteiger partial charge is 0.324 e. The molecule has 0 fully saturated rings. The maximum Gasteiger partial charge on any atom is 0.417 e. The molecule has 0 aliphatic rings. The van der Waals surface area contributed by atoms with E-state index >= 15 is 0 Å². The van der Waals surface area contributed by atoms with Gasteiger partial charge in [-0.1, -0.05) is 6.92 Å². The summed E-state index contributed by atoms with van der Waals surface area (Å²) in [5.41, 5.74) is -9.22. The van der Waals surface area contributed by atoms with Gasteiger partial charge in [-0.2, -0.15) is 52.7 Å². The van der Waals surface area contributed by atoms with Crippen LogP contribution >= 0.6 is 0 Å². The molecule has 0 amide bonds. The van der Waals surface area contributed by atoms with E-state index < -0.39 is 71.1 Å². The Morgan fingerprint density at radius 3 is 1.35 bits per heavy atom. The van der Waals surface area contributed by atoms with E-state index in [1.54, 1.807) is 0 Å². The zero-order valence-electron chi connectivity index (χ0n) is 12.5. The molecule has 0 saturated heterocycles. The largest absolute Gasteiger partial charge is 0.417 e. The fourth-order valence-corrected chi connectivity index (χ4v) is 2.32. The fourth-order valence-electron chi connectivity index (χ4n) is 2.32. The van der Waals surface area contributed by atoms with Crippen LogP contribution in [0.3, 0.4) is 0 Å². The maximum absolute atomic E-state index is 13.1. The topological polar surface area (TPSA) is 26.0 Å². The van der Waals surface area contributed by atoms with E-state index in [0.717, 1.165) is 6.92 Å². The quantitative estimate of drug-likeness (QED) is 0.583. The molecule has 1 rings (SSSR count). The first-order chi connectivity index (χ1) is 11.3. The summed E-state index contributed by atoms with van der Waals surface area (Å²) in [5.74, 6) is 0. The fraction of sp³-hybridized carbons (Fsp3) is 0.538. The molecule has 2 N–H and O–H groups in total. The van der Waals surface area contributed by atoms with Gasteiger partial charge in [0.1, 0.15) is 0 Å². The van der Waals surface area contributed by atoms with Crippen molar-refractivity contribution in [2.24, 2.45) is 5.73 Å². The summed E-state index contributed by atoms with van der Waals surface area (Å²) in [6, 6.07) is -2.62. The molecule has 0 spiro atoms. The molecule has 1 aromatic rings. The summed E-state index contributed by atoms with van der Waals surface area (Å²) >= 11 is 0. The van der Waals surface area contributed by atoms with Crippen molar-refractivity contribution in [3.8, 4) is 0 Å². The average Bonchev–Trinajstić information content (AvgIpc) is 2.40. The van der Waals surface area contributed by atoms with Crippen molar-refractivity contribution >= 4 is 0 Å². The first kappa shape index (κ1) is 22.4. The van der Waals surface area contributed by atoms with Crippen molar-refractivity contribution in [1.82, 2.24) is 0 Å². The van der Waals surface area contributed by atoms with Gasteiger partial charge in [0, 0.05) is 6.04 Å². The minimum absolute atomic E-state index is 0.553. The molecule has 26 heavy (non-hydrogen) atoms. The van der Waals surface area contributed by atoms with Gasteiger partial charge in [0.25, 0.3) is 0 Å². The number of alkyl halides is 12. The second kappa shape index (κ2) is 6.50. The number of benzene rings is 1. The summed E-state index contributed by atoms with van der Waals surface area (Å²) in [5, 5.41) is 0. The van der Waals surface area contributed by atoms with Crippen molar-refractivity contribution < 1.29 is 52.7 Å². The van der Waals surface area contributed by atoms with E-state index in [2.05, 4.69) is 0 Å². The van der Waals surface area contributed by atoms with Crippen LogP contribution in [0.5, 0.6) is 0 Å². The minimum Gasteiger partial charge on any atom is -0.324 e. The van der Waals surface area contributed by atoms with E-state index in [1.165, 1.54) is 0 Å². The van der Waals surface area contributed by atoms with E-state index in [9.17, 15) is 52.7 Å². The number of halogens is 12. The van der Waals surface area contributed by atoms with Gasteiger partial charge in [-0.05, 0) is 18.1 Å². The van der Waals surface area contributed by atoms with Crippen LogP contribution in [0.2, 0.25) is 0 Å². The Morgan fingerprint density at radius 2 is 1.08 bits per heavy atom. The Morgan fingerprint density at radius 1 is 0.692 bits per heavy atom. The molecule has 1 atom stereocenters. The van der Waals surface area contributed by atoms with Gasteiger partial charge in [-0.25, -0.2) is 0 Å². The van der Waals surface area contributed by atoms with Crippen molar-refractivity contribution in [3.05, 3.63) is 33.9 Å². The van der Waals surface area contributed by atoms with Gasteiger partial charge in [-0.3, -0.25) is 0 Å². The molecule has 0 aliphatic carbocycles. The van der Waals surface area contributed by atoms with Crippen LogP contribution in [0.25, 0.3) is 0 Å². The molecule has 150 valence electrons. The summed E-state index contributed by atoms with van der Waals surface area (Å²) < 4.78 is 156. The lowest BCUT2D eigenvalue weighted by Crippen LogP contribution is -2.30. The van der Waals surface area contributed by atoms with Gasteiger partial charge >= 0.3 is 24.7 Å². The van der Waals surface area contributed by atoms with Crippen LogP contribution in [0.15, 0.2) is 6.07 Å². The third-order valence-electron chi connectivity index (χ3n) is 3.35. The second-order valence-corrected chi connectivity index (χ2v) is 5.14. The van der Waals surface area contributed by atoms with E-state index in [0.29, 0.717) is 0 Å². The van der Waals surface area contributed by atoms with E-state index in [-0.39, 0.29) is 0 Å². The lowest BCUT2D eigenvalue weighted by atomic mass is 9.86. The monoisotopic (exact) mass is 407 g/mol. The second-order valence-electron chi connectivity index (χ2n) is 5.14. The molecule has 0 bridgehead atoms. The van der Waals surface area contributed by atoms with Crippen LogP contribution in [0, 0.1) is 0 Å². The predicted octanol–water partition coefficient (Wildman–Crippen LogP) is 6.17. The van der Waals surface area contributed by atoms with Crippen LogP contribution in [-0.2, 0) is 24.7 Å². The molecule has 0 saturated carbocycles. The Kier molecular flexibility index (Phi) is 5.59. The van der Waals surface area contributed by atoms with Gasteiger partial charge in [0.15, 0.2) is 0 Å². The molecule has 0 radical (unpaired) electrons. The predicted molar refractivity (Wildman–Crippen MR) is 63.7 cm³/mol. The number of nitrogens with two attached hydrogens (primary N) is 1. The minimum atomic E-state index is -6.38. The Hall–Kier alpha value is -1.66. The normalized spacial score (nSPS) is 15.3. The maximum atomic E-state index is 13.1. The Labute approximate surface area is 137 Å². The van der Waals surface area contributed by atoms with E-state index in [1.807, 2.05) is 0 Å². The molecular formula is C13H9F12N. The van der Waals surface area contributed by atoms with Crippen molar-refractivity contribution in [1.29, 1.82) is 0 Å². The summed E-state index contributed by atoms with van der Waals surface area (Å²) in [7, 11) is 0. The van der Waals surface area contributed by atoms with Crippen molar-refractivity contribution in [2.45, 2.75) is 44.1 Å². The van der Waals surface area contributed by atoms with Crippen LogP contribution in [-0.4, -0.2) is 0 Å². The molecule has 13 heteroatoms. The van der Waals surface area contributed by atoms with Gasteiger partial charge in [0.2, 0.25) is 0 Å². The summed E-state index contributed by atoms with van der Waals surface area (Å²) in [4.78, 5) is 0. The third-order valence-corrected chi connectivity index (χ3v) is 3.35. The molecule has 0 aliphatic heterocycles. The molecule has 1 nitrogen and oxygen atoms in total. The van der Waals surface area contributed by atoms with Gasteiger partial charge in [-0.15, -0.1) is 0 Å². The Bertz CT molecular complexity index is 662. The van der Waals surface area contributed by atoms with E-state index in [4.69, 9.17) is 5.73 Å². The SMILES string of the molecule is CCC(N)c1cc(C(F)(F)F)c(C(F)(F)F)c(C(F)(F)F)c1C(F)(F)F. The van der Waals surface area contributed by atoms with Gasteiger partial charge < -0.3 is 5.73 Å². The molecule has 0 aromatic heterocycles. The average molecular weight is 407 g/mol. The standard InChI is InChI=1S/C13H9F12N/c1-2-6(26)4-3-5(10(14,15)16)8(12(20,21)22)9(13(23,24)25)7(4)11(17,18)19/h3,6H,2,26H2,1H3. The highest BCUT2D eigenvalue weighted by Crippen LogP contribution is 2.53. The molecule has 1 unspecified atom stereocenters. The number of hydrogen-bond donors (Lipinski definition) is 1. The Balaban J connectivity index is 4.33. The zero-order chi connectivity index (χ0) is 20.9. The highest BCUT2D eigenvalue weighted by molar-refractivity contribution is 5.52. The molecule has 1 aromatic carbocycles. The first-order valence-corrected chi connectivity index (χ1v) is 6.58.